The summed E-state index contributed by atoms with van der Waals surface area (Å²) in [7, 11) is 0. The lowest BCUT2D eigenvalue weighted by Gasteiger charge is -2.21. The summed E-state index contributed by atoms with van der Waals surface area (Å²) < 4.78 is 23.4. The molecule has 0 fully saturated rings. The normalized spacial score (nSPS) is 13.2. The van der Waals surface area contributed by atoms with E-state index in [9.17, 15) is 14.3 Å². The Kier molecular flexibility index (Phi) is 5.59. The van der Waals surface area contributed by atoms with E-state index in [0.29, 0.717) is 11.5 Å². The van der Waals surface area contributed by atoms with E-state index < -0.39 is 11.6 Å². The highest BCUT2D eigenvalue weighted by Gasteiger charge is 2.26. The molecule has 23 heavy (non-hydrogen) atoms. The van der Waals surface area contributed by atoms with Gasteiger partial charge in [0.15, 0.2) is 0 Å². The van der Waals surface area contributed by atoms with Gasteiger partial charge in [-0.05, 0) is 31.2 Å². The van der Waals surface area contributed by atoms with Crippen molar-refractivity contribution in [3.63, 3.8) is 0 Å². The summed E-state index contributed by atoms with van der Waals surface area (Å²) in [6.45, 7) is 1.98. The lowest BCUT2D eigenvalue weighted by molar-refractivity contribution is 0.0367. The molecule has 0 aliphatic heterocycles. The predicted molar refractivity (Wildman–Crippen MR) is 81.6 cm³/mol. The molecule has 1 atom stereocenters. The summed E-state index contributed by atoms with van der Waals surface area (Å²) >= 11 is 0. The van der Waals surface area contributed by atoms with E-state index in [0.717, 1.165) is 0 Å². The Hall–Kier alpha value is -2.54. The van der Waals surface area contributed by atoms with Gasteiger partial charge < -0.3 is 24.9 Å². The highest BCUT2D eigenvalue weighted by molar-refractivity contribution is 5.73. The first-order valence-corrected chi connectivity index (χ1v) is 7.14. The van der Waals surface area contributed by atoms with Crippen LogP contribution in [0.3, 0.4) is 0 Å². The van der Waals surface area contributed by atoms with Crippen LogP contribution in [0, 0.1) is 5.82 Å². The Bertz CT molecular complexity index is 629. The molecule has 1 aromatic heterocycles. The summed E-state index contributed by atoms with van der Waals surface area (Å²) in [6.07, 6.45) is 1.45. The van der Waals surface area contributed by atoms with Crippen molar-refractivity contribution in [2.24, 2.45) is 0 Å². The van der Waals surface area contributed by atoms with Crippen molar-refractivity contribution in [1.29, 1.82) is 0 Å². The minimum Gasteiger partial charge on any atom is -0.492 e. The number of hydrogen-bond donors (Lipinski definition) is 3. The van der Waals surface area contributed by atoms with Crippen molar-refractivity contribution in [1.82, 2.24) is 10.6 Å². The van der Waals surface area contributed by atoms with Crippen LogP contribution in [-0.2, 0) is 5.60 Å². The number of carbonyl (C=O) groups excluding carboxylic acids is 1. The summed E-state index contributed by atoms with van der Waals surface area (Å²) in [5.74, 6) is 0.383. The van der Waals surface area contributed by atoms with Gasteiger partial charge in [-0.1, -0.05) is 6.07 Å². The second-order valence-electron chi connectivity index (χ2n) is 5.17. The van der Waals surface area contributed by atoms with Gasteiger partial charge in [-0.2, -0.15) is 0 Å². The SMILES string of the molecule is CC(O)(CNC(=O)NCCOc1cccc(F)c1)c1ccco1. The zero-order valence-electron chi connectivity index (χ0n) is 12.7. The minimum absolute atomic E-state index is 0.00288. The van der Waals surface area contributed by atoms with E-state index in [-0.39, 0.29) is 25.5 Å². The summed E-state index contributed by atoms with van der Waals surface area (Å²) in [6, 6.07) is 8.61. The maximum absolute atomic E-state index is 12.9. The van der Waals surface area contributed by atoms with Crippen LogP contribution in [0.15, 0.2) is 47.1 Å². The first-order chi connectivity index (χ1) is 11.0. The highest BCUT2D eigenvalue weighted by Crippen LogP contribution is 2.19. The third-order valence-electron chi connectivity index (χ3n) is 3.10. The Morgan fingerprint density at radius 3 is 2.87 bits per heavy atom. The third-order valence-corrected chi connectivity index (χ3v) is 3.10. The van der Waals surface area contributed by atoms with E-state index in [2.05, 4.69) is 10.6 Å². The van der Waals surface area contributed by atoms with Gasteiger partial charge in [-0.25, -0.2) is 9.18 Å². The quantitative estimate of drug-likeness (QED) is 0.681. The lowest BCUT2D eigenvalue weighted by Crippen LogP contribution is -2.44. The maximum Gasteiger partial charge on any atom is 0.315 e. The number of aliphatic hydroxyl groups is 1. The average molecular weight is 322 g/mol. The maximum atomic E-state index is 12.9. The topological polar surface area (TPSA) is 83.7 Å². The molecule has 2 aromatic rings. The number of nitrogens with one attached hydrogen (secondary N) is 2. The summed E-state index contributed by atoms with van der Waals surface area (Å²) in [5.41, 5.74) is -1.29. The van der Waals surface area contributed by atoms with Crippen LogP contribution in [0.5, 0.6) is 5.75 Å². The van der Waals surface area contributed by atoms with Gasteiger partial charge in [0, 0.05) is 6.07 Å². The van der Waals surface area contributed by atoms with E-state index in [1.165, 1.54) is 18.4 Å². The number of carbonyl (C=O) groups is 1. The molecule has 0 radical (unpaired) electrons. The fourth-order valence-electron chi connectivity index (χ4n) is 1.88. The fraction of sp³-hybridized carbons (Fsp3) is 0.312. The van der Waals surface area contributed by atoms with Crippen LogP contribution in [0.2, 0.25) is 0 Å². The van der Waals surface area contributed by atoms with Crippen molar-refractivity contribution >= 4 is 6.03 Å². The van der Waals surface area contributed by atoms with Gasteiger partial charge in [0.2, 0.25) is 0 Å². The van der Waals surface area contributed by atoms with Crippen LogP contribution in [0.4, 0.5) is 9.18 Å². The summed E-state index contributed by atoms with van der Waals surface area (Å²) in [4.78, 5) is 11.6. The van der Waals surface area contributed by atoms with E-state index in [1.807, 2.05) is 0 Å². The molecule has 0 aliphatic rings. The molecule has 7 heteroatoms. The molecule has 1 aromatic carbocycles. The van der Waals surface area contributed by atoms with Crippen LogP contribution in [0.1, 0.15) is 12.7 Å². The standard InChI is InChI=1S/C16H19FN2O4/c1-16(21,14-6-3-8-23-14)11-19-15(20)18-7-9-22-13-5-2-4-12(17)10-13/h2-6,8,10,21H,7,9,11H2,1H3,(H2,18,19,20). The van der Waals surface area contributed by atoms with Crippen LogP contribution in [-0.4, -0.2) is 30.8 Å². The van der Waals surface area contributed by atoms with Crippen molar-refractivity contribution < 1.29 is 23.4 Å². The first-order valence-electron chi connectivity index (χ1n) is 7.14. The number of rotatable bonds is 7. The molecular formula is C16H19FN2O4. The lowest BCUT2D eigenvalue weighted by atomic mass is 10.0. The van der Waals surface area contributed by atoms with Gasteiger partial charge >= 0.3 is 6.03 Å². The minimum atomic E-state index is -1.29. The number of ether oxygens (including phenoxy) is 1. The number of benzene rings is 1. The Balaban J connectivity index is 1.65. The molecule has 0 saturated heterocycles. The Morgan fingerprint density at radius 2 is 2.17 bits per heavy atom. The van der Waals surface area contributed by atoms with Gasteiger partial charge in [0.25, 0.3) is 0 Å². The molecule has 0 aliphatic carbocycles. The Labute approximate surface area is 133 Å². The molecule has 1 heterocycles. The molecule has 1 unspecified atom stereocenters. The zero-order chi connectivity index (χ0) is 16.7. The monoisotopic (exact) mass is 322 g/mol. The Morgan fingerprint density at radius 1 is 1.35 bits per heavy atom. The van der Waals surface area contributed by atoms with Gasteiger partial charge in [0.1, 0.15) is 29.5 Å². The van der Waals surface area contributed by atoms with Crippen molar-refractivity contribution in [2.45, 2.75) is 12.5 Å². The second kappa shape index (κ2) is 7.64. The number of halogens is 1. The highest BCUT2D eigenvalue weighted by atomic mass is 19.1. The van der Waals surface area contributed by atoms with Crippen LogP contribution < -0.4 is 15.4 Å². The van der Waals surface area contributed by atoms with Crippen molar-refractivity contribution in [3.05, 3.63) is 54.2 Å². The molecule has 2 amide bonds. The smallest absolute Gasteiger partial charge is 0.315 e. The molecule has 0 saturated carbocycles. The van der Waals surface area contributed by atoms with Gasteiger partial charge in [-0.15, -0.1) is 0 Å². The van der Waals surface area contributed by atoms with Crippen LogP contribution in [0.25, 0.3) is 0 Å². The van der Waals surface area contributed by atoms with E-state index >= 15 is 0 Å². The molecule has 2 rings (SSSR count). The molecule has 124 valence electrons. The van der Waals surface area contributed by atoms with Crippen LogP contribution >= 0.6 is 0 Å². The first kappa shape index (κ1) is 16.8. The van der Waals surface area contributed by atoms with Gasteiger partial charge in [0.05, 0.1) is 19.4 Å². The molecule has 0 bridgehead atoms. The van der Waals surface area contributed by atoms with E-state index in [1.54, 1.807) is 31.2 Å². The molecule has 0 spiro atoms. The third kappa shape index (κ3) is 5.30. The number of hydrogen-bond acceptors (Lipinski definition) is 4. The molecular weight excluding hydrogens is 303 g/mol. The molecule has 3 N–H and O–H groups in total. The number of furan rings is 1. The number of urea groups is 1. The van der Waals surface area contributed by atoms with E-state index in [4.69, 9.17) is 9.15 Å². The second-order valence-corrected chi connectivity index (χ2v) is 5.17. The molecule has 6 nitrogen and oxygen atoms in total. The zero-order valence-corrected chi connectivity index (χ0v) is 12.7. The predicted octanol–water partition coefficient (Wildman–Crippen LogP) is 2.00. The van der Waals surface area contributed by atoms with Crippen molar-refractivity contribution in [2.75, 3.05) is 19.7 Å². The van der Waals surface area contributed by atoms with Gasteiger partial charge in [-0.3, -0.25) is 0 Å². The fourth-order valence-corrected chi connectivity index (χ4v) is 1.88. The number of amides is 2. The summed E-state index contributed by atoms with van der Waals surface area (Å²) in [5, 5.41) is 15.3. The van der Waals surface area contributed by atoms with Crippen molar-refractivity contribution in [3.8, 4) is 5.75 Å². The average Bonchev–Trinajstić information content (AvgIpc) is 3.05. The largest absolute Gasteiger partial charge is 0.492 e.